The van der Waals surface area contributed by atoms with Gasteiger partial charge in [0, 0.05) is 17.9 Å². The molecule has 2 atom stereocenters. The molecule has 35 heavy (non-hydrogen) atoms. The van der Waals surface area contributed by atoms with Gasteiger partial charge in [0.15, 0.2) is 5.89 Å². The normalized spacial score (nSPS) is 20.8. The molecule has 0 aliphatic heterocycles. The molecule has 2 fully saturated rings. The van der Waals surface area contributed by atoms with Crippen molar-refractivity contribution < 1.29 is 19.1 Å². The Morgan fingerprint density at radius 3 is 2.49 bits per heavy atom. The summed E-state index contributed by atoms with van der Waals surface area (Å²) in [5.74, 6) is 0.578. The van der Waals surface area contributed by atoms with Crippen LogP contribution < -0.4 is 5.73 Å². The number of aromatic nitrogens is 1. The van der Waals surface area contributed by atoms with Crippen molar-refractivity contribution in [3.63, 3.8) is 0 Å². The van der Waals surface area contributed by atoms with Gasteiger partial charge in [-0.05, 0) is 73.1 Å². The van der Waals surface area contributed by atoms with Gasteiger partial charge in [-0.3, -0.25) is 9.59 Å². The number of unbranched alkanes of at least 4 members (excludes halogenated alkanes) is 1. The summed E-state index contributed by atoms with van der Waals surface area (Å²) in [7, 11) is 0. The highest BCUT2D eigenvalue weighted by atomic mass is 16.4. The number of oxazole rings is 1. The number of benzene rings is 1. The Bertz CT molecular complexity index is 1010. The van der Waals surface area contributed by atoms with Crippen LogP contribution in [0.1, 0.15) is 127 Å². The molecule has 4 rings (SSSR count). The molecule has 1 aromatic heterocycles. The molecule has 2 aliphatic carbocycles. The third kappa shape index (κ3) is 6.14. The summed E-state index contributed by atoms with van der Waals surface area (Å²) in [6.07, 6.45) is 17.8. The number of carbonyl (C=O) groups is 2. The van der Waals surface area contributed by atoms with Crippen molar-refractivity contribution in [3.05, 3.63) is 52.2 Å². The quantitative estimate of drug-likeness (QED) is 0.360. The van der Waals surface area contributed by atoms with Gasteiger partial charge < -0.3 is 15.3 Å². The van der Waals surface area contributed by atoms with Crippen LogP contribution >= 0.6 is 0 Å². The second kappa shape index (κ2) is 11.9. The van der Waals surface area contributed by atoms with E-state index >= 15 is 0 Å². The molecule has 1 aromatic carbocycles. The van der Waals surface area contributed by atoms with Crippen molar-refractivity contribution >= 4 is 11.9 Å². The van der Waals surface area contributed by atoms with Crippen molar-refractivity contribution in [2.24, 2.45) is 11.7 Å². The lowest BCUT2D eigenvalue weighted by atomic mass is 9.78. The second-order valence-corrected chi connectivity index (χ2v) is 10.6. The fraction of sp³-hybridized carbons (Fsp3) is 0.621. The monoisotopic (exact) mass is 480 g/mol. The molecule has 0 saturated heterocycles. The van der Waals surface area contributed by atoms with Crippen molar-refractivity contribution in [3.8, 4) is 0 Å². The number of nitrogens with zero attached hydrogens (tertiary/aromatic N) is 1. The Hall–Kier alpha value is -2.63. The Balaban J connectivity index is 1.64. The van der Waals surface area contributed by atoms with E-state index in [1.54, 1.807) is 12.5 Å². The number of carbonyl (C=O) groups excluding carboxylic acids is 1. The third-order valence-electron chi connectivity index (χ3n) is 8.37. The standard InChI is InChI=1S/C29H40N2O4/c1-19-21(14-15-25(32)33)18-22(11-6-5-10-20-8-3-2-4-9-20)27(28(30)34)26(19)23-12-7-13-24(23)29-31-16-17-35-29/h16-18,20,23-24H,2-15H2,1H3,(H2,30,34)(H,32,33). The summed E-state index contributed by atoms with van der Waals surface area (Å²) in [6.45, 7) is 2.02. The van der Waals surface area contributed by atoms with E-state index in [1.165, 1.54) is 38.5 Å². The highest BCUT2D eigenvalue weighted by Crippen LogP contribution is 2.48. The van der Waals surface area contributed by atoms with Crippen LogP contribution in [0.25, 0.3) is 0 Å². The van der Waals surface area contributed by atoms with Crippen molar-refractivity contribution in [1.82, 2.24) is 4.98 Å². The average Bonchev–Trinajstić information content (AvgIpc) is 3.53. The first-order chi connectivity index (χ1) is 17.0. The van der Waals surface area contributed by atoms with Crippen LogP contribution in [0.15, 0.2) is 22.9 Å². The maximum Gasteiger partial charge on any atom is 0.303 e. The molecule has 0 radical (unpaired) electrons. The highest BCUT2D eigenvalue weighted by Gasteiger charge is 2.37. The van der Waals surface area contributed by atoms with Crippen LogP contribution in [0.4, 0.5) is 0 Å². The first-order valence-electron chi connectivity index (χ1n) is 13.5. The van der Waals surface area contributed by atoms with E-state index in [-0.39, 0.29) is 24.2 Å². The topological polar surface area (TPSA) is 106 Å². The Kier molecular flexibility index (Phi) is 8.64. The summed E-state index contributed by atoms with van der Waals surface area (Å²) in [4.78, 5) is 28.7. The van der Waals surface area contributed by atoms with E-state index in [9.17, 15) is 14.7 Å². The highest BCUT2D eigenvalue weighted by molar-refractivity contribution is 5.97. The maximum atomic E-state index is 12.9. The number of hydrogen-bond acceptors (Lipinski definition) is 4. The zero-order valence-electron chi connectivity index (χ0n) is 21.1. The molecule has 2 saturated carbocycles. The molecule has 6 heteroatoms. The van der Waals surface area contributed by atoms with Gasteiger partial charge in [0.1, 0.15) is 6.26 Å². The molecule has 190 valence electrons. The van der Waals surface area contributed by atoms with Crippen molar-refractivity contribution in [1.29, 1.82) is 0 Å². The van der Waals surface area contributed by atoms with Crippen LogP contribution in [0.3, 0.4) is 0 Å². The number of carboxylic acids is 1. The number of rotatable bonds is 11. The Labute approximate surface area is 208 Å². The first-order valence-corrected chi connectivity index (χ1v) is 13.5. The minimum absolute atomic E-state index is 0.0746. The lowest BCUT2D eigenvalue weighted by Gasteiger charge is -2.26. The second-order valence-electron chi connectivity index (χ2n) is 10.6. The summed E-state index contributed by atoms with van der Waals surface area (Å²) >= 11 is 0. The molecular formula is C29H40N2O4. The molecule has 0 bridgehead atoms. The molecule has 2 aliphatic rings. The van der Waals surface area contributed by atoms with Gasteiger partial charge in [-0.15, -0.1) is 0 Å². The van der Waals surface area contributed by atoms with Crippen molar-refractivity contribution in [2.75, 3.05) is 0 Å². The van der Waals surface area contributed by atoms with Crippen LogP contribution in [-0.2, 0) is 17.6 Å². The van der Waals surface area contributed by atoms with Gasteiger partial charge in [0.25, 0.3) is 0 Å². The molecule has 2 unspecified atom stereocenters. The molecule has 2 aromatic rings. The van der Waals surface area contributed by atoms with E-state index in [1.807, 2.05) is 6.92 Å². The molecular weight excluding hydrogens is 440 g/mol. The summed E-state index contributed by atoms with van der Waals surface area (Å²) in [6, 6.07) is 2.07. The summed E-state index contributed by atoms with van der Waals surface area (Å²) < 4.78 is 5.68. The SMILES string of the molecule is Cc1c(CCC(=O)O)cc(CCCCC2CCCCC2)c(C(N)=O)c1C1CCCC1c1ncco1. The van der Waals surface area contributed by atoms with E-state index in [2.05, 4.69) is 11.1 Å². The lowest BCUT2D eigenvalue weighted by molar-refractivity contribution is -0.136. The molecule has 3 N–H and O–H groups in total. The molecule has 0 spiro atoms. The maximum absolute atomic E-state index is 12.9. The number of nitrogens with two attached hydrogens (primary N) is 1. The van der Waals surface area contributed by atoms with Crippen LogP contribution in [0, 0.1) is 12.8 Å². The number of amides is 1. The van der Waals surface area contributed by atoms with Crippen molar-refractivity contribution in [2.45, 2.75) is 109 Å². The first kappa shape index (κ1) is 25.5. The van der Waals surface area contributed by atoms with Crippen LogP contribution in [-0.4, -0.2) is 22.0 Å². The smallest absolute Gasteiger partial charge is 0.303 e. The minimum Gasteiger partial charge on any atom is -0.481 e. The number of primary amides is 1. The third-order valence-corrected chi connectivity index (χ3v) is 8.37. The average molecular weight is 481 g/mol. The van der Waals surface area contributed by atoms with Gasteiger partial charge in [-0.1, -0.05) is 57.4 Å². The van der Waals surface area contributed by atoms with E-state index < -0.39 is 5.97 Å². The number of aryl methyl sites for hydroxylation is 2. The van der Waals surface area contributed by atoms with Crippen LogP contribution in [0.5, 0.6) is 0 Å². The predicted molar refractivity (Wildman–Crippen MR) is 136 cm³/mol. The predicted octanol–water partition coefficient (Wildman–Crippen LogP) is 6.44. The molecule has 1 heterocycles. The number of hydrogen-bond donors (Lipinski definition) is 2. The molecule has 6 nitrogen and oxygen atoms in total. The minimum atomic E-state index is -0.808. The fourth-order valence-corrected chi connectivity index (χ4v) is 6.62. The van der Waals surface area contributed by atoms with E-state index in [0.29, 0.717) is 17.9 Å². The number of carboxylic acid groups (broad SMARTS) is 1. The lowest BCUT2D eigenvalue weighted by Crippen LogP contribution is -2.22. The zero-order valence-corrected chi connectivity index (χ0v) is 21.1. The van der Waals surface area contributed by atoms with E-state index in [0.717, 1.165) is 66.7 Å². The Morgan fingerprint density at radius 1 is 1.03 bits per heavy atom. The molecule has 1 amide bonds. The van der Waals surface area contributed by atoms with Gasteiger partial charge in [-0.25, -0.2) is 4.98 Å². The number of aliphatic carboxylic acids is 1. The van der Waals surface area contributed by atoms with Gasteiger partial charge >= 0.3 is 5.97 Å². The largest absolute Gasteiger partial charge is 0.481 e. The fourth-order valence-electron chi connectivity index (χ4n) is 6.62. The Morgan fingerprint density at radius 2 is 1.80 bits per heavy atom. The van der Waals surface area contributed by atoms with Gasteiger partial charge in [-0.2, -0.15) is 0 Å². The van der Waals surface area contributed by atoms with Gasteiger partial charge in [0.05, 0.1) is 6.20 Å². The summed E-state index contributed by atoms with van der Waals surface area (Å²) in [5, 5.41) is 9.33. The van der Waals surface area contributed by atoms with E-state index in [4.69, 9.17) is 10.2 Å². The van der Waals surface area contributed by atoms with Crippen LogP contribution in [0.2, 0.25) is 0 Å². The van der Waals surface area contributed by atoms with Gasteiger partial charge in [0.2, 0.25) is 5.91 Å². The zero-order chi connectivity index (χ0) is 24.8. The summed E-state index contributed by atoms with van der Waals surface area (Å²) in [5.41, 5.74) is 10.7.